The number of ether oxygens (including phenoxy) is 1. The van der Waals surface area contributed by atoms with Crippen LogP contribution in [0.5, 0.6) is 5.88 Å². The Bertz CT molecular complexity index is 428. The maximum atomic E-state index is 5.14. The first-order chi connectivity index (χ1) is 10.4. The number of likely N-dealkylation sites (tertiary alicyclic amines) is 1. The van der Waals surface area contributed by atoms with Crippen LogP contribution in [0.3, 0.4) is 0 Å². The van der Waals surface area contributed by atoms with E-state index < -0.39 is 0 Å². The van der Waals surface area contributed by atoms with Crippen molar-refractivity contribution in [1.29, 1.82) is 0 Å². The van der Waals surface area contributed by atoms with Crippen LogP contribution in [0.2, 0.25) is 0 Å². The van der Waals surface area contributed by atoms with Gasteiger partial charge in [-0.05, 0) is 56.8 Å². The summed E-state index contributed by atoms with van der Waals surface area (Å²) in [6, 6.07) is 4.89. The predicted octanol–water partition coefficient (Wildman–Crippen LogP) is 2.44. The van der Waals surface area contributed by atoms with E-state index in [9.17, 15) is 0 Å². The summed E-state index contributed by atoms with van der Waals surface area (Å²) in [7, 11) is 1.67. The average molecular weight is 289 g/mol. The van der Waals surface area contributed by atoms with Gasteiger partial charge >= 0.3 is 0 Å². The highest BCUT2D eigenvalue weighted by Crippen LogP contribution is 2.29. The molecule has 2 aliphatic rings. The zero-order valence-electron chi connectivity index (χ0n) is 13.1. The Balaban J connectivity index is 1.65. The van der Waals surface area contributed by atoms with E-state index >= 15 is 0 Å². The van der Waals surface area contributed by atoms with Crippen LogP contribution < -0.4 is 10.1 Å². The van der Waals surface area contributed by atoms with Gasteiger partial charge in [-0.25, -0.2) is 4.98 Å². The molecule has 1 aromatic rings. The number of rotatable bonds is 4. The highest BCUT2D eigenvalue weighted by molar-refractivity contribution is 5.17. The molecule has 0 aliphatic carbocycles. The summed E-state index contributed by atoms with van der Waals surface area (Å²) in [4.78, 5) is 7.04. The first-order valence-electron chi connectivity index (χ1n) is 8.30. The summed E-state index contributed by atoms with van der Waals surface area (Å²) in [5, 5.41) is 3.49. The molecule has 116 valence electrons. The molecule has 0 aromatic carbocycles. The van der Waals surface area contributed by atoms with Gasteiger partial charge in [-0.2, -0.15) is 0 Å². The lowest BCUT2D eigenvalue weighted by Crippen LogP contribution is -2.46. The molecule has 4 heteroatoms. The molecule has 0 spiro atoms. The number of piperidine rings is 2. The average Bonchev–Trinajstić information content (AvgIpc) is 2.57. The van der Waals surface area contributed by atoms with Crippen molar-refractivity contribution in [2.45, 2.75) is 44.7 Å². The highest BCUT2D eigenvalue weighted by Gasteiger charge is 2.30. The number of nitrogens with one attached hydrogen (secondary N) is 1. The minimum Gasteiger partial charge on any atom is -0.481 e. The smallest absolute Gasteiger partial charge is 0.212 e. The Morgan fingerprint density at radius 1 is 1.24 bits per heavy atom. The van der Waals surface area contributed by atoms with Gasteiger partial charge in [0.2, 0.25) is 5.88 Å². The molecule has 21 heavy (non-hydrogen) atoms. The molecule has 0 bridgehead atoms. The molecule has 1 aromatic heterocycles. The molecule has 2 saturated heterocycles. The molecule has 0 saturated carbocycles. The third kappa shape index (κ3) is 3.74. The van der Waals surface area contributed by atoms with Crippen LogP contribution in [0, 0.1) is 5.92 Å². The van der Waals surface area contributed by atoms with E-state index in [1.54, 1.807) is 7.11 Å². The van der Waals surface area contributed by atoms with Crippen molar-refractivity contribution < 1.29 is 4.74 Å². The van der Waals surface area contributed by atoms with E-state index in [1.165, 1.54) is 57.3 Å². The van der Waals surface area contributed by atoms with E-state index in [1.807, 2.05) is 12.3 Å². The maximum Gasteiger partial charge on any atom is 0.212 e. The van der Waals surface area contributed by atoms with Crippen molar-refractivity contribution >= 4 is 0 Å². The minimum absolute atomic E-state index is 0.701. The minimum atomic E-state index is 0.701. The number of methoxy groups -OCH3 is 1. The number of nitrogens with zero attached hydrogens (tertiary/aromatic N) is 2. The van der Waals surface area contributed by atoms with Crippen LogP contribution in [-0.2, 0) is 6.54 Å². The molecule has 3 rings (SSSR count). The van der Waals surface area contributed by atoms with Gasteiger partial charge in [0.15, 0.2) is 0 Å². The van der Waals surface area contributed by atoms with E-state index in [-0.39, 0.29) is 0 Å². The van der Waals surface area contributed by atoms with E-state index in [4.69, 9.17) is 4.74 Å². The second kappa shape index (κ2) is 7.23. The van der Waals surface area contributed by atoms with E-state index in [2.05, 4.69) is 21.3 Å². The van der Waals surface area contributed by atoms with Crippen LogP contribution in [-0.4, -0.2) is 42.7 Å². The third-order valence-electron chi connectivity index (χ3n) is 4.98. The van der Waals surface area contributed by atoms with Crippen LogP contribution >= 0.6 is 0 Å². The maximum absolute atomic E-state index is 5.14. The van der Waals surface area contributed by atoms with Crippen molar-refractivity contribution in [3.05, 3.63) is 23.9 Å². The lowest BCUT2D eigenvalue weighted by atomic mass is 9.84. The fourth-order valence-corrected chi connectivity index (χ4v) is 3.84. The normalized spacial score (nSPS) is 24.9. The van der Waals surface area contributed by atoms with Gasteiger partial charge in [0, 0.05) is 24.8 Å². The van der Waals surface area contributed by atoms with Crippen molar-refractivity contribution in [2.24, 2.45) is 5.92 Å². The molecule has 2 fully saturated rings. The van der Waals surface area contributed by atoms with Gasteiger partial charge in [0.05, 0.1) is 7.11 Å². The second-order valence-electron chi connectivity index (χ2n) is 6.33. The van der Waals surface area contributed by atoms with E-state index in [0.717, 1.165) is 18.5 Å². The third-order valence-corrected chi connectivity index (χ3v) is 4.98. The van der Waals surface area contributed by atoms with Gasteiger partial charge < -0.3 is 10.1 Å². The van der Waals surface area contributed by atoms with Crippen molar-refractivity contribution in [1.82, 2.24) is 15.2 Å². The number of hydrogen-bond donors (Lipinski definition) is 1. The number of pyridine rings is 1. The lowest BCUT2D eigenvalue weighted by molar-refractivity contribution is 0.0777. The summed E-state index contributed by atoms with van der Waals surface area (Å²) >= 11 is 0. The molecule has 3 heterocycles. The zero-order valence-corrected chi connectivity index (χ0v) is 13.1. The molecule has 1 atom stereocenters. The molecule has 1 unspecified atom stereocenters. The molecule has 0 radical (unpaired) electrons. The Kier molecular flexibility index (Phi) is 5.09. The molecule has 1 N–H and O–H groups in total. The Morgan fingerprint density at radius 3 is 2.81 bits per heavy atom. The Labute approximate surface area is 127 Å². The first-order valence-corrected chi connectivity index (χ1v) is 8.30. The summed E-state index contributed by atoms with van der Waals surface area (Å²) in [6.45, 7) is 4.66. The largest absolute Gasteiger partial charge is 0.481 e. The molecular formula is C17H27N3O. The molecular weight excluding hydrogens is 262 g/mol. The van der Waals surface area contributed by atoms with Gasteiger partial charge in [-0.1, -0.05) is 12.5 Å². The number of hydrogen-bond acceptors (Lipinski definition) is 4. The van der Waals surface area contributed by atoms with Crippen LogP contribution in [0.25, 0.3) is 0 Å². The first kappa shape index (κ1) is 14.8. The highest BCUT2D eigenvalue weighted by atomic mass is 16.5. The topological polar surface area (TPSA) is 37.4 Å². The standard InChI is InChI=1S/C17H27N3O/c1-21-17-6-5-14(12-19-17)13-20-11-3-2-4-16(20)15-7-9-18-10-8-15/h5-6,12,15-16,18H,2-4,7-11,13H2,1H3. The van der Waals surface area contributed by atoms with Crippen LogP contribution in [0.15, 0.2) is 18.3 Å². The van der Waals surface area contributed by atoms with Gasteiger partial charge in [0.25, 0.3) is 0 Å². The summed E-state index contributed by atoms with van der Waals surface area (Å²) in [5.41, 5.74) is 1.30. The monoisotopic (exact) mass is 289 g/mol. The fraction of sp³-hybridized carbons (Fsp3) is 0.706. The zero-order chi connectivity index (χ0) is 14.5. The van der Waals surface area contributed by atoms with Crippen LogP contribution in [0.1, 0.15) is 37.7 Å². The van der Waals surface area contributed by atoms with E-state index in [0.29, 0.717) is 5.88 Å². The second-order valence-corrected chi connectivity index (χ2v) is 6.33. The predicted molar refractivity (Wildman–Crippen MR) is 84.4 cm³/mol. The lowest BCUT2D eigenvalue weighted by Gasteiger charge is -2.42. The van der Waals surface area contributed by atoms with Gasteiger partial charge in [0.1, 0.15) is 0 Å². The molecule has 0 amide bonds. The van der Waals surface area contributed by atoms with Crippen LogP contribution in [0.4, 0.5) is 0 Å². The summed E-state index contributed by atoms with van der Waals surface area (Å²) in [5.74, 6) is 1.57. The summed E-state index contributed by atoms with van der Waals surface area (Å²) < 4.78 is 5.14. The molecule has 4 nitrogen and oxygen atoms in total. The fourth-order valence-electron chi connectivity index (χ4n) is 3.84. The quantitative estimate of drug-likeness (QED) is 0.924. The van der Waals surface area contributed by atoms with Crippen molar-refractivity contribution in [3.8, 4) is 5.88 Å². The van der Waals surface area contributed by atoms with Gasteiger partial charge in [-0.15, -0.1) is 0 Å². The number of aromatic nitrogens is 1. The van der Waals surface area contributed by atoms with Crippen molar-refractivity contribution in [2.75, 3.05) is 26.7 Å². The SMILES string of the molecule is COc1ccc(CN2CCCCC2C2CCNCC2)cn1. The molecule has 2 aliphatic heterocycles. The van der Waals surface area contributed by atoms with Gasteiger partial charge in [-0.3, -0.25) is 4.90 Å². The Hall–Kier alpha value is -1.13. The summed E-state index contributed by atoms with van der Waals surface area (Å²) in [6.07, 6.45) is 8.74. The Morgan fingerprint density at radius 2 is 2.10 bits per heavy atom. The van der Waals surface area contributed by atoms with Crippen molar-refractivity contribution in [3.63, 3.8) is 0 Å².